The third-order valence-corrected chi connectivity index (χ3v) is 4.84. The summed E-state index contributed by atoms with van der Waals surface area (Å²) >= 11 is 0. The fraction of sp³-hybridized carbons (Fsp3) is 0.833. The van der Waals surface area contributed by atoms with E-state index in [-0.39, 0.29) is 6.10 Å². The van der Waals surface area contributed by atoms with Crippen LogP contribution in [0, 0.1) is 11.8 Å². The first kappa shape index (κ1) is 10.4. The zero-order valence-corrected chi connectivity index (χ0v) is 10.6. The Balaban J connectivity index is 2.18. The predicted molar refractivity (Wildman–Crippen MR) is 62.9 cm³/mol. The Hall–Kier alpha value is -0.0831. The van der Waals surface area contributed by atoms with Crippen LogP contribution in [0.15, 0.2) is 11.3 Å². The first-order chi connectivity index (χ1) is 6.47. The maximum Gasteiger partial charge on any atom is 0.0686 e. The predicted octanol–water partition coefficient (Wildman–Crippen LogP) is 2.97. The van der Waals surface area contributed by atoms with Crippen LogP contribution in [-0.4, -0.2) is 19.3 Å². The number of aliphatic hydroxyl groups is 1. The summed E-state index contributed by atoms with van der Waals surface area (Å²) in [6.45, 7) is 7.15. The van der Waals surface area contributed by atoms with E-state index in [4.69, 9.17) is 0 Å². The molecule has 2 saturated carbocycles. The molecule has 0 amide bonds. The highest BCUT2D eigenvalue weighted by atomic mass is 28.3. The zero-order valence-electron chi connectivity index (χ0n) is 9.59. The summed E-state index contributed by atoms with van der Waals surface area (Å²) in [6, 6.07) is 0. The van der Waals surface area contributed by atoms with Gasteiger partial charge in [-0.1, -0.05) is 30.9 Å². The molecule has 2 aliphatic rings. The van der Waals surface area contributed by atoms with E-state index < -0.39 is 8.07 Å². The Labute approximate surface area is 88.2 Å². The second kappa shape index (κ2) is 3.49. The molecule has 0 unspecified atom stereocenters. The van der Waals surface area contributed by atoms with Crippen molar-refractivity contribution in [3.05, 3.63) is 11.3 Å². The van der Waals surface area contributed by atoms with Crippen molar-refractivity contribution in [3.63, 3.8) is 0 Å². The van der Waals surface area contributed by atoms with Crippen molar-refractivity contribution >= 4 is 8.07 Å². The van der Waals surface area contributed by atoms with Gasteiger partial charge in [0.05, 0.1) is 14.2 Å². The van der Waals surface area contributed by atoms with Crippen molar-refractivity contribution in [1.29, 1.82) is 0 Å². The molecule has 2 rings (SSSR count). The van der Waals surface area contributed by atoms with E-state index in [0.29, 0.717) is 5.92 Å². The van der Waals surface area contributed by atoms with Gasteiger partial charge in [-0.05, 0) is 31.6 Å². The van der Waals surface area contributed by atoms with Crippen molar-refractivity contribution in [2.45, 2.75) is 51.4 Å². The van der Waals surface area contributed by atoms with Crippen LogP contribution in [0.4, 0.5) is 0 Å². The maximum absolute atomic E-state index is 9.94. The van der Waals surface area contributed by atoms with Crippen molar-refractivity contribution in [2.75, 3.05) is 0 Å². The molecular weight excluding hydrogens is 188 g/mol. The molecular formula is C12H22OSi. The van der Waals surface area contributed by atoms with E-state index in [0.717, 1.165) is 12.3 Å². The average molecular weight is 210 g/mol. The Morgan fingerprint density at radius 3 is 2.57 bits per heavy atom. The van der Waals surface area contributed by atoms with Crippen LogP contribution in [-0.2, 0) is 0 Å². The van der Waals surface area contributed by atoms with Crippen LogP contribution >= 0.6 is 0 Å². The molecule has 0 aromatic heterocycles. The summed E-state index contributed by atoms with van der Waals surface area (Å²) in [7, 11) is -1.08. The van der Waals surface area contributed by atoms with Crippen LogP contribution < -0.4 is 0 Å². The lowest BCUT2D eigenvalue weighted by Gasteiger charge is -2.19. The molecule has 2 aliphatic carbocycles. The zero-order chi connectivity index (χ0) is 10.3. The standard InChI is InChI=1S/C12H22OSi/c1-14(2,3)8-10-5-4-9-6-7-11(13)12(9)10/h8-9,11-13H,4-7H2,1-3H3/b10-8+/t9-,11-,12+/m0/s1. The van der Waals surface area contributed by atoms with Gasteiger partial charge in [-0.2, -0.15) is 0 Å². The quantitative estimate of drug-likeness (QED) is 0.660. The summed E-state index contributed by atoms with van der Waals surface area (Å²) < 4.78 is 0. The largest absolute Gasteiger partial charge is 0.392 e. The number of aliphatic hydroxyl groups excluding tert-OH is 1. The topological polar surface area (TPSA) is 20.2 Å². The van der Waals surface area contributed by atoms with Gasteiger partial charge < -0.3 is 5.11 Å². The van der Waals surface area contributed by atoms with Gasteiger partial charge in [0.1, 0.15) is 0 Å². The third kappa shape index (κ3) is 1.96. The summed E-state index contributed by atoms with van der Waals surface area (Å²) in [4.78, 5) is 0. The van der Waals surface area contributed by atoms with E-state index in [2.05, 4.69) is 25.3 Å². The van der Waals surface area contributed by atoms with Crippen LogP contribution in [0.25, 0.3) is 0 Å². The number of hydrogen-bond acceptors (Lipinski definition) is 1. The molecule has 1 N–H and O–H groups in total. The average Bonchev–Trinajstić information content (AvgIpc) is 2.54. The van der Waals surface area contributed by atoms with Gasteiger partial charge in [0.2, 0.25) is 0 Å². The SMILES string of the molecule is C[Si](C)(C)/C=C1\CC[C@H]2CC[C@H](O)[C@@H]12. The van der Waals surface area contributed by atoms with Gasteiger partial charge in [-0.25, -0.2) is 0 Å². The van der Waals surface area contributed by atoms with Crippen LogP contribution in [0.1, 0.15) is 25.7 Å². The third-order valence-electron chi connectivity index (χ3n) is 3.61. The highest BCUT2D eigenvalue weighted by molar-refractivity contribution is 6.81. The minimum atomic E-state index is -1.08. The van der Waals surface area contributed by atoms with Crippen LogP contribution in [0.3, 0.4) is 0 Å². The van der Waals surface area contributed by atoms with Crippen molar-refractivity contribution in [2.24, 2.45) is 11.8 Å². The first-order valence-corrected chi connectivity index (χ1v) is 9.45. The Bertz CT molecular complexity index is 252. The molecule has 0 radical (unpaired) electrons. The molecule has 0 aliphatic heterocycles. The maximum atomic E-state index is 9.94. The summed E-state index contributed by atoms with van der Waals surface area (Å²) in [6.07, 6.45) is 4.87. The summed E-state index contributed by atoms with van der Waals surface area (Å²) in [5.41, 5.74) is 4.13. The summed E-state index contributed by atoms with van der Waals surface area (Å²) in [5, 5.41) is 9.94. The monoisotopic (exact) mass is 210 g/mol. The van der Waals surface area contributed by atoms with Crippen molar-refractivity contribution in [1.82, 2.24) is 0 Å². The molecule has 3 atom stereocenters. The number of hydrogen-bond donors (Lipinski definition) is 1. The fourth-order valence-electron chi connectivity index (χ4n) is 3.18. The van der Waals surface area contributed by atoms with Gasteiger partial charge in [-0.15, -0.1) is 0 Å². The molecule has 2 fully saturated rings. The van der Waals surface area contributed by atoms with Gasteiger partial charge in [0, 0.05) is 5.92 Å². The normalized spacial score (nSPS) is 40.6. The highest BCUT2D eigenvalue weighted by Gasteiger charge is 2.41. The Kier molecular flexibility index (Phi) is 2.60. The van der Waals surface area contributed by atoms with Gasteiger partial charge in [-0.3, -0.25) is 0 Å². The smallest absolute Gasteiger partial charge is 0.0686 e. The second-order valence-corrected chi connectivity index (χ2v) is 11.1. The molecule has 0 saturated heterocycles. The number of rotatable bonds is 1. The minimum Gasteiger partial charge on any atom is -0.392 e. The molecule has 0 aromatic carbocycles. The van der Waals surface area contributed by atoms with E-state index in [9.17, 15) is 5.11 Å². The summed E-state index contributed by atoms with van der Waals surface area (Å²) in [5.74, 6) is 1.36. The van der Waals surface area contributed by atoms with E-state index in [1.54, 1.807) is 5.57 Å². The molecule has 0 heterocycles. The molecule has 0 spiro atoms. The second-order valence-electron chi connectivity index (χ2n) is 6.05. The lowest BCUT2D eigenvalue weighted by molar-refractivity contribution is 0.143. The minimum absolute atomic E-state index is 0.0231. The Morgan fingerprint density at radius 2 is 1.93 bits per heavy atom. The van der Waals surface area contributed by atoms with Crippen LogP contribution in [0.2, 0.25) is 19.6 Å². The van der Waals surface area contributed by atoms with Gasteiger partial charge in [0.25, 0.3) is 0 Å². The fourth-order valence-corrected chi connectivity index (χ4v) is 4.62. The number of fused-ring (bicyclic) bond motifs is 1. The molecule has 1 nitrogen and oxygen atoms in total. The van der Waals surface area contributed by atoms with Gasteiger partial charge in [0.15, 0.2) is 0 Å². The molecule has 80 valence electrons. The van der Waals surface area contributed by atoms with Crippen molar-refractivity contribution < 1.29 is 5.11 Å². The van der Waals surface area contributed by atoms with Gasteiger partial charge >= 0.3 is 0 Å². The molecule has 0 aromatic rings. The molecule has 0 bridgehead atoms. The first-order valence-electron chi connectivity index (χ1n) is 5.87. The van der Waals surface area contributed by atoms with Crippen LogP contribution in [0.5, 0.6) is 0 Å². The van der Waals surface area contributed by atoms with E-state index >= 15 is 0 Å². The lowest BCUT2D eigenvalue weighted by atomic mass is 9.96. The van der Waals surface area contributed by atoms with E-state index in [1.807, 2.05) is 0 Å². The Morgan fingerprint density at radius 1 is 1.21 bits per heavy atom. The highest BCUT2D eigenvalue weighted by Crippen LogP contribution is 2.47. The molecule has 2 heteroatoms. The van der Waals surface area contributed by atoms with Crippen molar-refractivity contribution in [3.8, 4) is 0 Å². The van der Waals surface area contributed by atoms with E-state index in [1.165, 1.54) is 19.3 Å². The lowest BCUT2D eigenvalue weighted by Crippen LogP contribution is -2.21. The molecule has 14 heavy (non-hydrogen) atoms.